The Labute approximate surface area is 130 Å². The van der Waals surface area contributed by atoms with E-state index in [2.05, 4.69) is 21.2 Å². The Morgan fingerprint density at radius 3 is 2.76 bits per heavy atom. The molecule has 2 aromatic rings. The molecule has 0 bridgehead atoms. The van der Waals surface area contributed by atoms with E-state index < -0.39 is 5.91 Å². The number of carbonyl (C=O) groups is 2. The van der Waals surface area contributed by atoms with Crippen molar-refractivity contribution in [2.45, 2.75) is 0 Å². The van der Waals surface area contributed by atoms with Crippen molar-refractivity contribution in [2.24, 2.45) is 12.8 Å². The van der Waals surface area contributed by atoms with Gasteiger partial charge in [0.05, 0.1) is 0 Å². The van der Waals surface area contributed by atoms with Crippen LogP contribution in [0.1, 0.15) is 10.5 Å². The molecule has 0 saturated carbocycles. The lowest BCUT2D eigenvalue weighted by Crippen LogP contribution is -2.20. The van der Waals surface area contributed by atoms with Crippen molar-refractivity contribution in [3.05, 3.63) is 46.7 Å². The summed E-state index contributed by atoms with van der Waals surface area (Å²) >= 11 is 3.32. The van der Waals surface area contributed by atoms with Crippen LogP contribution >= 0.6 is 15.9 Å². The molecule has 1 aromatic heterocycles. The van der Waals surface area contributed by atoms with Gasteiger partial charge < -0.3 is 20.4 Å². The number of hydrogen-bond acceptors (Lipinski definition) is 3. The van der Waals surface area contributed by atoms with Crippen molar-refractivity contribution >= 4 is 33.4 Å². The minimum Gasteiger partial charge on any atom is -0.484 e. The minimum atomic E-state index is -0.557. The molecule has 110 valence electrons. The van der Waals surface area contributed by atoms with E-state index in [-0.39, 0.29) is 12.5 Å². The molecule has 3 N–H and O–H groups in total. The number of nitrogens with one attached hydrogen (secondary N) is 1. The number of benzene rings is 1. The van der Waals surface area contributed by atoms with Gasteiger partial charge in [0.1, 0.15) is 11.4 Å². The molecule has 0 aliphatic heterocycles. The second kappa shape index (κ2) is 6.45. The van der Waals surface area contributed by atoms with E-state index in [1.165, 1.54) is 0 Å². The van der Waals surface area contributed by atoms with Crippen molar-refractivity contribution in [1.29, 1.82) is 0 Å². The molecular formula is C14H14BrN3O3. The van der Waals surface area contributed by atoms with E-state index >= 15 is 0 Å². The first-order valence-corrected chi connectivity index (χ1v) is 6.89. The number of halogens is 1. The van der Waals surface area contributed by atoms with Crippen molar-refractivity contribution < 1.29 is 14.3 Å². The van der Waals surface area contributed by atoms with Crippen LogP contribution in [0.5, 0.6) is 5.75 Å². The number of anilines is 1. The van der Waals surface area contributed by atoms with Gasteiger partial charge in [-0.2, -0.15) is 0 Å². The number of nitrogens with zero attached hydrogens (tertiary/aromatic N) is 1. The van der Waals surface area contributed by atoms with Gasteiger partial charge in [-0.05, 0) is 34.1 Å². The first-order valence-electron chi connectivity index (χ1n) is 6.10. The van der Waals surface area contributed by atoms with Crippen molar-refractivity contribution in [1.82, 2.24) is 4.57 Å². The maximum atomic E-state index is 12.2. The number of carbonyl (C=O) groups excluding carboxylic acids is 2. The maximum Gasteiger partial charge on any atom is 0.272 e. The number of amides is 2. The highest BCUT2D eigenvalue weighted by Crippen LogP contribution is 2.19. The smallest absolute Gasteiger partial charge is 0.272 e. The van der Waals surface area contributed by atoms with Gasteiger partial charge in [0.25, 0.3) is 11.8 Å². The van der Waals surface area contributed by atoms with Gasteiger partial charge in [-0.15, -0.1) is 0 Å². The number of ether oxygens (including phenoxy) is 1. The Hall–Kier alpha value is -2.28. The Bertz CT molecular complexity index is 682. The summed E-state index contributed by atoms with van der Waals surface area (Å²) in [6.07, 6.45) is 1.79. The second-order valence-corrected chi connectivity index (χ2v) is 5.31. The summed E-state index contributed by atoms with van der Waals surface area (Å²) in [6.45, 7) is -0.206. The van der Waals surface area contributed by atoms with Gasteiger partial charge in [-0.1, -0.05) is 6.07 Å². The first kappa shape index (κ1) is 15.1. The highest BCUT2D eigenvalue weighted by atomic mass is 79.9. The normalized spacial score (nSPS) is 10.2. The quantitative estimate of drug-likeness (QED) is 0.862. The summed E-state index contributed by atoms with van der Waals surface area (Å²) in [5, 5.41) is 2.76. The second-order valence-electron chi connectivity index (χ2n) is 4.39. The van der Waals surface area contributed by atoms with Crippen LogP contribution in [0.25, 0.3) is 0 Å². The van der Waals surface area contributed by atoms with E-state index in [1.807, 2.05) is 0 Å². The van der Waals surface area contributed by atoms with Crippen LogP contribution in [-0.2, 0) is 11.8 Å². The zero-order valence-electron chi connectivity index (χ0n) is 11.3. The number of primary amides is 1. The molecule has 2 rings (SSSR count). The summed E-state index contributed by atoms with van der Waals surface area (Å²) in [4.78, 5) is 22.8. The Morgan fingerprint density at radius 1 is 1.38 bits per heavy atom. The third kappa shape index (κ3) is 4.09. The van der Waals surface area contributed by atoms with Gasteiger partial charge in [-0.3, -0.25) is 9.59 Å². The molecule has 0 radical (unpaired) electrons. The molecule has 0 fully saturated rings. The lowest BCUT2D eigenvalue weighted by molar-refractivity contribution is -0.119. The zero-order valence-corrected chi connectivity index (χ0v) is 12.9. The van der Waals surface area contributed by atoms with E-state index in [4.69, 9.17) is 10.5 Å². The van der Waals surface area contributed by atoms with Gasteiger partial charge >= 0.3 is 0 Å². The van der Waals surface area contributed by atoms with Crippen LogP contribution in [0.4, 0.5) is 5.69 Å². The maximum absolute atomic E-state index is 12.2. The van der Waals surface area contributed by atoms with E-state index in [0.717, 1.165) is 4.47 Å². The van der Waals surface area contributed by atoms with Gasteiger partial charge in [0, 0.05) is 29.5 Å². The summed E-state index contributed by atoms with van der Waals surface area (Å²) in [5.74, 6) is -0.340. The minimum absolute atomic E-state index is 0.206. The van der Waals surface area contributed by atoms with Crippen molar-refractivity contribution in [3.63, 3.8) is 0 Å². The molecule has 7 heteroatoms. The molecule has 0 saturated heterocycles. The highest BCUT2D eigenvalue weighted by molar-refractivity contribution is 9.10. The fourth-order valence-electron chi connectivity index (χ4n) is 1.76. The Balaban J connectivity index is 2.09. The third-order valence-electron chi connectivity index (χ3n) is 2.68. The zero-order chi connectivity index (χ0) is 15.4. The molecule has 1 aromatic carbocycles. The molecule has 0 atom stereocenters. The SMILES string of the molecule is Cn1cc(Br)cc1C(=O)Nc1cccc(OCC(N)=O)c1. The highest BCUT2D eigenvalue weighted by Gasteiger charge is 2.11. The van der Waals surface area contributed by atoms with Crippen LogP contribution in [0.15, 0.2) is 41.0 Å². The molecule has 6 nitrogen and oxygen atoms in total. The van der Waals surface area contributed by atoms with Crippen LogP contribution in [-0.4, -0.2) is 23.0 Å². The fraction of sp³-hybridized carbons (Fsp3) is 0.143. The fourth-order valence-corrected chi connectivity index (χ4v) is 2.29. The van der Waals surface area contributed by atoms with Crippen molar-refractivity contribution in [2.75, 3.05) is 11.9 Å². The van der Waals surface area contributed by atoms with Crippen LogP contribution in [0.2, 0.25) is 0 Å². The van der Waals surface area contributed by atoms with E-state index in [9.17, 15) is 9.59 Å². The van der Waals surface area contributed by atoms with Gasteiger partial charge in [0.15, 0.2) is 6.61 Å². The standard InChI is InChI=1S/C14H14BrN3O3/c1-18-7-9(15)5-12(18)14(20)17-10-3-2-4-11(6-10)21-8-13(16)19/h2-7H,8H2,1H3,(H2,16,19)(H,17,20). The van der Waals surface area contributed by atoms with E-state index in [0.29, 0.717) is 17.1 Å². The molecule has 0 unspecified atom stereocenters. The van der Waals surface area contributed by atoms with Crippen molar-refractivity contribution in [3.8, 4) is 5.75 Å². The number of aryl methyl sites for hydroxylation is 1. The van der Waals surface area contributed by atoms with Gasteiger partial charge in [0.2, 0.25) is 0 Å². The average molecular weight is 352 g/mol. The number of hydrogen-bond donors (Lipinski definition) is 2. The van der Waals surface area contributed by atoms with Crippen LogP contribution < -0.4 is 15.8 Å². The molecule has 1 heterocycles. The number of aromatic nitrogens is 1. The first-order chi connectivity index (χ1) is 9.95. The molecule has 0 aliphatic rings. The summed E-state index contributed by atoms with van der Waals surface area (Å²) < 4.78 is 7.73. The topological polar surface area (TPSA) is 86.3 Å². The molecule has 21 heavy (non-hydrogen) atoms. The molecule has 0 aliphatic carbocycles. The number of rotatable bonds is 5. The lowest BCUT2D eigenvalue weighted by Gasteiger charge is -2.08. The van der Waals surface area contributed by atoms with Crippen LogP contribution in [0.3, 0.4) is 0 Å². The average Bonchev–Trinajstić information content (AvgIpc) is 2.76. The number of nitrogens with two attached hydrogens (primary N) is 1. The lowest BCUT2D eigenvalue weighted by atomic mass is 10.3. The molecule has 2 amide bonds. The van der Waals surface area contributed by atoms with E-state index in [1.54, 1.807) is 48.1 Å². The third-order valence-corrected chi connectivity index (χ3v) is 3.11. The molecular weight excluding hydrogens is 338 g/mol. The Kier molecular flexibility index (Phi) is 4.64. The predicted molar refractivity (Wildman–Crippen MR) is 82.2 cm³/mol. The summed E-state index contributed by atoms with van der Waals surface area (Å²) in [5.41, 5.74) is 6.10. The van der Waals surface area contributed by atoms with Gasteiger partial charge in [-0.25, -0.2) is 0 Å². The monoisotopic (exact) mass is 351 g/mol. The predicted octanol–water partition coefficient (Wildman–Crippen LogP) is 1.90. The summed E-state index contributed by atoms with van der Waals surface area (Å²) in [6, 6.07) is 8.47. The molecule has 0 spiro atoms. The largest absolute Gasteiger partial charge is 0.484 e. The van der Waals surface area contributed by atoms with Crippen LogP contribution in [0, 0.1) is 0 Å². The summed E-state index contributed by atoms with van der Waals surface area (Å²) in [7, 11) is 1.78. The Morgan fingerprint density at radius 2 is 2.14 bits per heavy atom.